The third-order valence-corrected chi connectivity index (χ3v) is 8.93. The Morgan fingerprint density at radius 3 is 0.680 bits per heavy atom. The van der Waals surface area contributed by atoms with Crippen molar-refractivity contribution in [2.45, 2.75) is 123 Å². The van der Waals surface area contributed by atoms with Crippen LogP contribution in [-0.4, -0.2) is 0 Å². The van der Waals surface area contributed by atoms with Gasteiger partial charge in [-0.05, 0) is 86.9 Å². The summed E-state index contributed by atoms with van der Waals surface area (Å²) >= 11 is 0. The molecular formula is C25H46. The molecule has 0 unspecified atom stereocenters. The average molecular weight is 347 g/mol. The van der Waals surface area contributed by atoms with E-state index in [9.17, 15) is 0 Å². The Hall–Kier alpha value is 0. The summed E-state index contributed by atoms with van der Waals surface area (Å²) in [6.45, 7) is 0. The van der Waals surface area contributed by atoms with Crippen LogP contribution >= 0.6 is 0 Å². The van der Waals surface area contributed by atoms with Crippen LogP contribution in [0.2, 0.25) is 0 Å². The first-order valence-electron chi connectivity index (χ1n) is 11.9. The van der Waals surface area contributed by atoms with Crippen molar-refractivity contribution in [3.05, 3.63) is 0 Å². The SMILES string of the molecule is C.C1CCC(C2CCC(C3CCC(C4CCCCC4)CC3)CC2)CC1. The van der Waals surface area contributed by atoms with Crippen molar-refractivity contribution in [2.24, 2.45) is 35.5 Å². The molecule has 0 amide bonds. The number of hydrogen-bond acceptors (Lipinski definition) is 0. The number of hydrogen-bond donors (Lipinski definition) is 0. The van der Waals surface area contributed by atoms with Crippen LogP contribution < -0.4 is 0 Å². The first-order valence-corrected chi connectivity index (χ1v) is 11.9. The van der Waals surface area contributed by atoms with Gasteiger partial charge >= 0.3 is 0 Å². The molecule has 0 atom stereocenters. The summed E-state index contributed by atoms with van der Waals surface area (Å²) in [5.41, 5.74) is 0. The van der Waals surface area contributed by atoms with Gasteiger partial charge in [0.25, 0.3) is 0 Å². The van der Waals surface area contributed by atoms with Crippen molar-refractivity contribution in [2.75, 3.05) is 0 Å². The molecule has 0 aromatic heterocycles. The summed E-state index contributed by atoms with van der Waals surface area (Å²) in [7, 11) is 0. The van der Waals surface area contributed by atoms with E-state index >= 15 is 0 Å². The highest BCUT2D eigenvalue weighted by Crippen LogP contribution is 2.47. The molecule has 4 aliphatic rings. The maximum absolute atomic E-state index is 1.60. The van der Waals surface area contributed by atoms with E-state index in [1.165, 1.54) is 38.5 Å². The van der Waals surface area contributed by atoms with Crippen LogP contribution in [0, 0.1) is 35.5 Å². The normalized spacial score (nSPS) is 38.9. The molecule has 0 saturated heterocycles. The van der Waals surface area contributed by atoms with Crippen LogP contribution in [0.1, 0.15) is 123 Å². The van der Waals surface area contributed by atoms with Crippen LogP contribution in [-0.2, 0) is 0 Å². The summed E-state index contributed by atoms with van der Waals surface area (Å²) < 4.78 is 0. The van der Waals surface area contributed by atoms with Crippen LogP contribution in [0.15, 0.2) is 0 Å². The Morgan fingerprint density at radius 2 is 0.440 bits per heavy atom. The van der Waals surface area contributed by atoms with Gasteiger partial charge in [0, 0.05) is 0 Å². The minimum atomic E-state index is 0. The van der Waals surface area contributed by atoms with Gasteiger partial charge in [0.2, 0.25) is 0 Å². The van der Waals surface area contributed by atoms with Crippen LogP contribution in [0.4, 0.5) is 0 Å². The molecule has 4 aliphatic carbocycles. The maximum atomic E-state index is 1.60. The minimum Gasteiger partial charge on any atom is -0.0776 e. The molecule has 0 radical (unpaired) electrons. The monoisotopic (exact) mass is 346 g/mol. The molecule has 4 saturated carbocycles. The first-order chi connectivity index (χ1) is 11.9. The Balaban J connectivity index is 0.00000182. The average Bonchev–Trinajstić information content (AvgIpc) is 2.70. The molecule has 146 valence electrons. The Kier molecular flexibility index (Phi) is 7.74. The van der Waals surface area contributed by atoms with E-state index in [1.807, 2.05) is 0 Å². The lowest BCUT2D eigenvalue weighted by molar-refractivity contribution is 0.0946. The smallest absolute Gasteiger partial charge is 0.0386 e. The Morgan fingerprint density at radius 1 is 0.240 bits per heavy atom. The predicted octanol–water partition coefficient (Wildman–Crippen LogP) is 8.40. The van der Waals surface area contributed by atoms with E-state index in [2.05, 4.69) is 0 Å². The third kappa shape index (κ3) is 5.04. The second kappa shape index (κ2) is 9.80. The van der Waals surface area contributed by atoms with Gasteiger partial charge in [-0.3, -0.25) is 0 Å². The van der Waals surface area contributed by atoms with Crippen molar-refractivity contribution < 1.29 is 0 Å². The fraction of sp³-hybridized carbons (Fsp3) is 1.00. The molecule has 0 aromatic carbocycles. The van der Waals surface area contributed by atoms with Crippen molar-refractivity contribution in [1.82, 2.24) is 0 Å². The summed E-state index contributed by atoms with van der Waals surface area (Å²) in [6, 6.07) is 0. The van der Waals surface area contributed by atoms with Crippen molar-refractivity contribution in [3.63, 3.8) is 0 Å². The summed E-state index contributed by atoms with van der Waals surface area (Å²) in [4.78, 5) is 0. The van der Waals surface area contributed by atoms with Crippen LogP contribution in [0.25, 0.3) is 0 Å². The highest BCUT2D eigenvalue weighted by molar-refractivity contribution is 4.86. The third-order valence-electron chi connectivity index (χ3n) is 8.93. The van der Waals surface area contributed by atoms with Gasteiger partial charge in [-0.2, -0.15) is 0 Å². The van der Waals surface area contributed by atoms with Crippen LogP contribution in [0.3, 0.4) is 0 Å². The Labute approximate surface area is 158 Å². The van der Waals surface area contributed by atoms with Gasteiger partial charge in [0.05, 0.1) is 0 Å². The van der Waals surface area contributed by atoms with Crippen LogP contribution in [0.5, 0.6) is 0 Å². The summed E-state index contributed by atoms with van der Waals surface area (Å²) in [6.07, 6.45) is 28.3. The lowest BCUT2D eigenvalue weighted by Crippen LogP contribution is -2.30. The minimum absolute atomic E-state index is 0. The lowest BCUT2D eigenvalue weighted by Gasteiger charge is -2.42. The highest BCUT2D eigenvalue weighted by Gasteiger charge is 2.35. The molecule has 0 heteroatoms. The van der Waals surface area contributed by atoms with E-state index in [1.54, 1.807) is 77.0 Å². The topological polar surface area (TPSA) is 0 Å². The molecule has 0 bridgehead atoms. The molecule has 4 fully saturated rings. The largest absolute Gasteiger partial charge is 0.0776 e. The standard InChI is InChI=1S/C24H42.CH4/c1-3-7-19(8-4-1)21-11-15-23(16-12-21)24-17-13-22(14-18-24)20-9-5-2-6-10-20;/h19-24H,1-18H2;1H4. The highest BCUT2D eigenvalue weighted by atomic mass is 14.4. The van der Waals surface area contributed by atoms with Gasteiger partial charge in [0.1, 0.15) is 0 Å². The lowest BCUT2D eigenvalue weighted by atomic mass is 9.64. The molecular weight excluding hydrogens is 300 g/mol. The second-order valence-corrected chi connectivity index (χ2v) is 10.1. The van der Waals surface area contributed by atoms with Crippen molar-refractivity contribution in [3.8, 4) is 0 Å². The molecule has 0 nitrogen and oxygen atoms in total. The number of rotatable bonds is 3. The van der Waals surface area contributed by atoms with E-state index in [-0.39, 0.29) is 7.43 Å². The molecule has 0 aromatic rings. The molecule has 0 heterocycles. The quantitative estimate of drug-likeness (QED) is 0.481. The van der Waals surface area contributed by atoms with E-state index in [0.29, 0.717) is 0 Å². The summed E-state index contributed by atoms with van der Waals surface area (Å²) in [5.74, 6) is 6.75. The Bertz CT molecular complexity index is 308. The zero-order valence-corrected chi connectivity index (χ0v) is 16.2. The van der Waals surface area contributed by atoms with E-state index in [4.69, 9.17) is 0 Å². The second-order valence-electron chi connectivity index (χ2n) is 10.1. The van der Waals surface area contributed by atoms with Gasteiger partial charge in [0.15, 0.2) is 0 Å². The molecule has 0 N–H and O–H groups in total. The van der Waals surface area contributed by atoms with Crippen molar-refractivity contribution >= 4 is 0 Å². The van der Waals surface area contributed by atoms with Crippen molar-refractivity contribution in [1.29, 1.82) is 0 Å². The van der Waals surface area contributed by atoms with E-state index < -0.39 is 0 Å². The van der Waals surface area contributed by atoms with Gasteiger partial charge in [-0.15, -0.1) is 0 Å². The molecule has 25 heavy (non-hydrogen) atoms. The summed E-state index contributed by atoms with van der Waals surface area (Å²) in [5, 5.41) is 0. The maximum Gasteiger partial charge on any atom is -0.0386 e. The van der Waals surface area contributed by atoms with Gasteiger partial charge in [-0.25, -0.2) is 0 Å². The zero-order valence-electron chi connectivity index (χ0n) is 16.2. The molecule has 0 aliphatic heterocycles. The predicted molar refractivity (Wildman–Crippen MR) is 111 cm³/mol. The zero-order chi connectivity index (χ0) is 16.2. The van der Waals surface area contributed by atoms with Gasteiger partial charge < -0.3 is 0 Å². The van der Waals surface area contributed by atoms with Gasteiger partial charge in [-0.1, -0.05) is 71.6 Å². The fourth-order valence-electron chi connectivity index (χ4n) is 7.39. The first kappa shape index (κ1) is 19.8. The fourth-order valence-corrected chi connectivity index (χ4v) is 7.39. The van der Waals surface area contributed by atoms with E-state index in [0.717, 1.165) is 35.5 Å². The molecule has 4 rings (SSSR count). The molecule has 0 spiro atoms.